The molecule has 0 amide bonds. The van der Waals surface area contributed by atoms with Crippen LogP contribution in [0.5, 0.6) is 0 Å². The highest BCUT2D eigenvalue weighted by atomic mass is 16.4. The number of furan rings is 1. The van der Waals surface area contributed by atoms with E-state index in [1.165, 1.54) is 5.56 Å². The fourth-order valence-electron chi connectivity index (χ4n) is 2.15. The highest BCUT2D eigenvalue weighted by Gasteiger charge is 2.18. The van der Waals surface area contributed by atoms with Gasteiger partial charge in [0.1, 0.15) is 11.3 Å². The minimum Gasteiger partial charge on any atom is -0.481 e. The lowest BCUT2D eigenvalue weighted by Gasteiger charge is -2.07. The van der Waals surface area contributed by atoms with E-state index in [1.807, 2.05) is 18.2 Å². The number of hydrogen-bond donors (Lipinski definition) is 2. The van der Waals surface area contributed by atoms with Crippen molar-refractivity contribution in [2.24, 2.45) is 5.73 Å². The van der Waals surface area contributed by atoms with E-state index in [0.717, 1.165) is 11.0 Å². The van der Waals surface area contributed by atoms with E-state index < -0.39 is 5.97 Å². The molecular weight excluding hydrogens is 242 g/mol. The zero-order valence-electron chi connectivity index (χ0n) is 11.2. The van der Waals surface area contributed by atoms with Crippen molar-refractivity contribution in [3.8, 4) is 0 Å². The van der Waals surface area contributed by atoms with Gasteiger partial charge in [-0.25, -0.2) is 0 Å². The van der Waals surface area contributed by atoms with Crippen LogP contribution in [-0.4, -0.2) is 17.6 Å². The zero-order valence-corrected chi connectivity index (χ0v) is 11.2. The molecule has 0 saturated carbocycles. The van der Waals surface area contributed by atoms with Gasteiger partial charge in [0, 0.05) is 17.8 Å². The van der Waals surface area contributed by atoms with Gasteiger partial charge in [-0.1, -0.05) is 19.9 Å². The smallest absolute Gasteiger partial charge is 0.304 e. The molecular formula is C15H19NO3. The van der Waals surface area contributed by atoms with E-state index >= 15 is 0 Å². The van der Waals surface area contributed by atoms with Crippen molar-refractivity contribution in [1.82, 2.24) is 0 Å². The topological polar surface area (TPSA) is 76.5 Å². The van der Waals surface area contributed by atoms with Crippen molar-refractivity contribution >= 4 is 16.9 Å². The van der Waals surface area contributed by atoms with Crippen LogP contribution in [-0.2, 0) is 4.79 Å². The third kappa shape index (κ3) is 2.96. The van der Waals surface area contributed by atoms with E-state index in [1.54, 1.807) is 0 Å². The molecule has 2 aromatic rings. The van der Waals surface area contributed by atoms with Crippen LogP contribution in [0.15, 0.2) is 28.7 Å². The number of hydrogen-bond acceptors (Lipinski definition) is 3. The molecule has 0 spiro atoms. The van der Waals surface area contributed by atoms with Crippen molar-refractivity contribution in [3.63, 3.8) is 0 Å². The van der Waals surface area contributed by atoms with Crippen molar-refractivity contribution in [3.05, 3.63) is 35.6 Å². The molecule has 2 rings (SSSR count). The number of rotatable bonds is 5. The first-order valence-electron chi connectivity index (χ1n) is 6.46. The van der Waals surface area contributed by atoms with E-state index in [0.29, 0.717) is 11.7 Å². The molecule has 19 heavy (non-hydrogen) atoms. The summed E-state index contributed by atoms with van der Waals surface area (Å²) in [6.45, 7) is 4.54. The monoisotopic (exact) mass is 261 g/mol. The molecule has 0 radical (unpaired) electrons. The van der Waals surface area contributed by atoms with Crippen molar-refractivity contribution < 1.29 is 14.3 Å². The van der Waals surface area contributed by atoms with Crippen LogP contribution in [0.25, 0.3) is 11.0 Å². The number of carboxylic acids is 1. The second kappa shape index (κ2) is 5.45. The summed E-state index contributed by atoms with van der Waals surface area (Å²) >= 11 is 0. The Morgan fingerprint density at radius 2 is 2.11 bits per heavy atom. The fourth-order valence-corrected chi connectivity index (χ4v) is 2.15. The maximum Gasteiger partial charge on any atom is 0.304 e. The number of carboxylic acid groups (broad SMARTS) is 1. The fraction of sp³-hybridized carbons (Fsp3) is 0.400. The third-order valence-corrected chi connectivity index (χ3v) is 3.33. The van der Waals surface area contributed by atoms with Gasteiger partial charge in [-0.05, 0) is 29.7 Å². The molecule has 3 N–H and O–H groups in total. The average Bonchev–Trinajstić information content (AvgIpc) is 2.77. The summed E-state index contributed by atoms with van der Waals surface area (Å²) < 4.78 is 5.71. The molecule has 1 aromatic carbocycles. The Bertz CT molecular complexity index is 586. The molecule has 0 fully saturated rings. The highest BCUT2D eigenvalue weighted by Crippen LogP contribution is 2.29. The van der Waals surface area contributed by atoms with Crippen molar-refractivity contribution in [1.29, 1.82) is 0 Å². The summed E-state index contributed by atoms with van der Waals surface area (Å²) in [6, 6.07) is 7.96. The third-order valence-electron chi connectivity index (χ3n) is 3.33. The molecule has 102 valence electrons. The normalized spacial score (nSPS) is 13.1. The molecule has 0 bridgehead atoms. The molecule has 0 aliphatic heterocycles. The standard InChI is InChI=1S/C15H19NO3/c1-9(2)10-3-4-13-11(5-10)6-14(19-13)12(8-16)7-15(17)18/h3-6,9,12H,7-8,16H2,1-2H3,(H,17,18). The van der Waals surface area contributed by atoms with Crippen LogP contribution >= 0.6 is 0 Å². The quantitative estimate of drug-likeness (QED) is 0.867. The van der Waals surface area contributed by atoms with Gasteiger partial charge in [0.2, 0.25) is 0 Å². The Balaban J connectivity index is 2.37. The Morgan fingerprint density at radius 3 is 2.68 bits per heavy atom. The van der Waals surface area contributed by atoms with Gasteiger partial charge in [-0.15, -0.1) is 0 Å². The van der Waals surface area contributed by atoms with Gasteiger partial charge in [-0.3, -0.25) is 4.79 Å². The lowest BCUT2D eigenvalue weighted by atomic mass is 10.0. The molecule has 1 atom stereocenters. The Labute approximate surface area is 112 Å². The van der Waals surface area contributed by atoms with Crippen LogP contribution in [0.2, 0.25) is 0 Å². The van der Waals surface area contributed by atoms with Crippen molar-refractivity contribution in [2.45, 2.75) is 32.1 Å². The highest BCUT2D eigenvalue weighted by molar-refractivity contribution is 5.79. The number of nitrogens with two attached hydrogens (primary N) is 1. The van der Waals surface area contributed by atoms with Crippen LogP contribution in [0.3, 0.4) is 0 Å². The van der Waals surface area contributed by atoms with Crippen LogP contribution in [0.4, 0.5) is 0 Å². The molecule has 1 heterocycles. The molecule has 4 nitrogen and oxygen atoms in total. The summed E-state index contributed by atoms with van der Waals surface area (Å²) in [5, 5.41) is 9.88. The predicted molar refractivity (Wildman–Crippen MR) is 74.4 cm³/mol. The minimum atomic E-state index is -0.862. The summed E-state index contributed by atoms with van der Waals surface area (Å²) in [5.74, 6) is -0.0287. The SMILES string of the molecule is CC(C)c1ccc2oc(C(CN)CC(=O)O)cc2c1. The lowest BCUT2D eigenvalue weighted by Crippen LogP contribution is -2.15. The summed E-state index contributed by atoms with van der Waals surface area (Å²) in [4.78, 5) is 10.8. The van der Waals surface area contributed by atoms with Gasteiger partial charge < -0.3 is 15.3 Å². The molecule has 1 unspecified atom stereocenters. The van der Waals surface area contributed by atoms with Gasteiger partial charge in [0.05, 0.1) is 6.42 Å². The lowest BCUT2D eigenvalue weighted by molar-refractivity contribution is -0.137. The van der Waals surface area contributed by atoms with E-state index in [4.69, 9.17) is 15.3 Å². The van der Waals surface area contributed by atoms with E-state index in [2.05, 4.69) is 19.9 Å². The second-order valence-corrected chi connectivity index (χ2v) is 5.13. The maximum atomic E-state index is 10.8. The van der Waals surface area contributed by atoms with Gasteiger partial charge in [-0.2, -0.15) is 0 Å². The molecule has 0 aliphatic carbocycles. The number of carbonyl (C=O) groups is 1. The molecule has 0 aliphatic rings. The second-order valence-electron chi connectivity index (χ2n) is 5.13. The Morgan fingerprint density at radius 1 is 1.37 bits per heavy atom. The first kappa shape index (κ1) is 13.6. The molecule has 4 heteroatoms. The first-order valence-corrected chi connectivity index (χ1v) is 6.46. The largest absolute Gasteiger partial charge is 0.481 e. The molecule has 0 saturated heterocycles. The predicted octanol–water partition coefficient (Wildman–Crippen LogP) is 3.07. The number of aliphatic carboxylic acids is 1. The van der Waals surface area contributed by atoms with Crippen LogP contribution in [0, 0.1) is 0 Å². The minimum absolute atomic E-state index is 0.00659. The number of benzene rings is 1. The first-order chi connectivity index (χ1) is 9.01. The van der Waals surface area contributed by atoms with Crippen LogP contribution in [0.1, 0.15) is 43.4 Å². The van der Waals surface area contributed by atoms with Gasteiger partial charge in [0.25, 0.3) is 0 Å². The summed E-state index contributed by atoms with van der Waals surface area (Å²) in [6.07, 6.45) is -0.00659. The number of fused-ring (bicyclic) bond motifs is 1. The van der Waals surface area contributed by atoms with E-state index in [-0.39, 0.29) is 18.9 Å². The average molecular weight is 261 g/mol. The molecule has 1 aromatic heterocycles. The summed E-state index contributed by atoms with van der Waals surface area (Å²) in [7, 11) is 0. The Hall–Kier alpha value is -1.81. The maximum absolute atomic E-state index is 10.8. The zero-order chi connectivity index (χ0) is 14.0. The summed E-state index contributed by atoms with van der Waals surface area (Å²) in [5.41, 5.74) is 7.65. The van der Waals surface area contributed by atoms with Crippen LogP contribution < -0.4 is 5.73 Å². The Kier molecular flexibility index (Phi) is 3.90. The van der Waals surface area contributed by atoms with E-state index in [9.17, 15) is 4.79 Å². The van der Waals surface area contributed by atoms with Gasteiger partial charge >= 0.3 is 5.97 Å². The van der Waals surface area contributed by atoms with Crippen molar-refractivity contribution in [2.75, 3.05) is 6.54 Å². The van der Waals surface area contributed by atoms with Gasteiger partial charge in [0.15, 0.2) is 0 Å².